The van der Waals surface area contributed by atoms with Gasteiger partial charge in [0.05, 0.1) is 0 Å². The van der Waals surface area contributed by atoms with Gasteiger partial charge in [0.2, 0.25) is 0 Å². The van der Waals surface area contributed by atoms with Gasteiger partial charge in [-0.1, -0.05) is 19.9 Å². The van der Waals surface area contributed by atoms with Crippen LogP contribution in [0.25, 0.3) is 0 Å². The van der Waals surface area contributed by atoms with Crippen LogP contribution in [0.2, 0.25) is 0 Å². The van der Waals surface area contributed by atoms with Gasteiger partial charge in [0, 0.05) is 6.54 Å². The van der Waals surface area contributed by atoms with Crippen molar-refractivity contribution in [3.05, 3.63) is 29.6 Å². The molecule has 0 heterocycles. The van der Waals surface area contributed by atoms with Crippen LogP contribution in [0, 0.1) is 18.7 Å². The van der Waals surface area contributed by atoms with Gasteiger partial charge in [0.15, 0.2) is 11.6 Å². The van der Waals surface area contributed by atoms with Crippen molar-refractivity contribution in [3.63, 3.8) is 0 Å². The predicted octanol–water partition coefficient (Wildman–Crippen LogP) is 2.50. The fraction of sp³-hybridized carbons (Fsp3) is 0.500. The SMILES string of the molecule is Cc1ccc(F)c(OC(CN)C(C)C)c1. The second kappa shape index (κ2) is 5.12. The molecule has 3 heteroatoms. The Kier molecular flexibility index (Phi) is 4.09. The number of aryl methyl sites for hydroxylation is 1. The first-order chi connectivity index (χ1) is 7.04. The third kappa shape index (κ3) is 3.20. The highest BCUT2D eigenvalue weighted by Gasteiger charge is 2.15. The van der Waals surface area contributed by atoms with Crippen molar-refractivity contribution >= 4 is 0 Å². The third-order valence-corrected chi connectivity index (χ3v) is 2.34. The van der Waals surface area contributed by atoms with Crippen molar-refractivity contribution < 1.29 is 9.13 Å². The number of rotatable bonds is 4. The highest BCUT2D eigenvalue weighted by molar-refractivity contribution is 5.29. The molecular weight excluding hydrogens is 193 g/mol. The van der Waals surface area contributed by atoms with E-state index in [4.69, 9.17) is 10.5 Å². The molecule has 15 heavy (non-hydrogen) atoms. The van der Waals surface area contributed by atoms with E-state index < -0.39 is 0 Å². The number of halogens is 1. The summed E-state index contributed by atoms with van der Waals surface area (Å²) in [6.45, 7) is 6.31. The van der Waals surface area contributed by atoms with Gasteiger partial charge in [-0.15, -0.1) is 0 Å². The Balaban J connectivity index is 2.82. The molecule has 1 aromatic carbocycles. The van der Waals surface area contributed by atoms with E-state index in [9.17, 15) is 4.39 Å². The normalized spacial score (nSPS) is 12.9. The van der Waals surface area contributed by atoms with Crippen molar-refractivity contribution in [1.82, 2.24) is 0 Å². The van der Waals surface area contributed by atoms with Crippen molar-refractivity contribution in [2.75, 3.05) is 6.54 Å². The number of benzene rings is 1. The monoisotopic (exact) mass is 211 g/mol. The van der Waals surface area contributed by atoms with Crippen LogP contribution < -0.4 is 10.5 Å². The van der Waals surface area contributed by atoms with Crippen molar-refractivity contribution in [3.8, 4) is 5.75 Å². The summed E-state index contributed by atoms with van der Waals surface area (Å²) in [4.78, 5) is 0. The molecule has 0 bridgehead atoms. The topological polar surface area (TPSA) is 35.2 Å². The van der Waals surface area contributed by atoms with Crippen LogP contribution in [-0.2, 0) is 0 Å². The van der Waals surface area contributed by atoms with Gasteiger partial charge in [-0.3, -0.25) is 0 Å². The number of hydrogen-bond acceptors (Lipinski definition) is 2. The first kappa shape index (κ1) is 12.0. The lowest BCUT2D eigenvalue weighted by Gasteiger charge is -2.21. The molecule has 1 atom stereocenters. The number of hydrogen-bond donors (Lipinski definition) is 1. The first-order valence-electron chi connectivity index (χ1n) is 5.17. The fourth-order valence-corrected chi connectivity index (χ4v) is 1.32. The van der Waals surface area contributed by atoms with Gasteiger partial charge in [-0.2, -0.15) is 0 Å². The molecule has 2 N–H and O–H groups in total. The van der Waals surface area contributed by atoms with E-state index in [2.05, 4.69) is 0 Å². The molecule has 0 aromatic heterocycles. The number of ether oxygens (including phenoxy) is 1. The maximum atomic E-state index is 13.4. The van der Waals surface area contributed by atoms with Crippen molar-refractivity contribution in [2.45, 2.75) is 26.9 Å². The molecule has 0 radical (unpaired) electrons. The molecule has 0 amide bonds. The molecule has 0 fully saturated rings. The minimum atomic E-state index is -0.334. The lowest BCUT2D eigenvalue weighted by atomic mass is 10.1. The highest BCUT2D eigenvalue weighted by atomic mass is 19.1. The maximum Gasteiger partial charge on any atom is 0.165 e. The van der Waals surface area contributed by atoms with E-state index in [1.807, 2.05) is 20.8 Å². The molecule has 0 spiro atoms. The van der Waals surface area contributed by atoms with E-state index in [1.165, 1.54) is 6.07 Å². The molecule has 1 rings (SSSR count). The van der Waals surface area contributed by atoms with Gasteiger partial charge < -0.3 is 10.5 Å². The summed E-state index contributed by atoms with van der Waals surface area (Å²) < 4.78 is 18.9. The average molecular weight is 211 g/mol. The lowest BCUT2D eigenvalue weighted by molar-refractivity contribution is 0.152. The van der Waals surface area contributed by atoms with Crippen LogP contribution in [-0.4, -0.2) is 12.6 Å². The van der Waals surface area contributed by atoms with Crippen LogP contribution in [0.3, 0.4) is 0 Å². The molecule has 0 aliphatic carbocycles. The summed E-state index contributed by atoms with van der Waals surface area (Å²) in [6, 6.07) is 4.83. The second-order valence-electron chi connectivity index (χ2n) is 4.07. The van der Waals surface area contributed by atoms with Crippen LogP contribution in [0.5, 0.6) is 5.75 Å². The Labute approximate surface area is 90.2 Å². The Bertz CT molecular complexity index is 325. The summed E-state index contributed by atoms with van der Waals surface area (Å²) >= 11 is 0. The number of nitrogens with two attached hydrogens (primary N) is 1. The summed E-state index contributed by atoms with van der Waals surface area (Å²) in [7, 11) is 0. The average Bonchev–Trinajstić information content (AvgIpc) is 2.18. The molecule has 0 saturated carbocycles. The molecule has 0 aliphatic heterocycles. The zero-order valence-corrected chi connectivity index (χ0v) is 9.46. The van der Waals surface area contributed by atoms with Crippen LogP contribution in [0.1, 0.15) is 19.4 Å². The minimum Gasteiger partial charge on any atom is -0.486 e. The van der Waals surface area contributed by atoms with Crippen LogP contribution in [0.4, 0.5) is 4.39 Å². The molecule has 0 saturated heterocycles. The fourth-order valence-electron chi connectivity index (χ4n) is 1.32. The van der Waals surface area contributed by atoms with Gasteiger partial charge in [0.25, 0.3) is 0 Å². The van der Waals surface area contributed by atoms with E-state index in [0.29, 0.717) is 12.3 Å². The van der Waals surface area contributed by atoms with E-state index in [-0.39, 0.29) is 17.8 Å². The maximum absolute atomic E-state index is 13.4. The Morgan fingerprint density at radius 2 is 2.07 bits per heavy atom. The van der Waals surface area contributed by atoms with Crippen molar-refractivity contribution in [1.29, 1.82) is 0 Å². The summed E-state index contributed by atoms with van der Waals surface area (Å²) in [5.74, 6) is 0.230. The summed E-state index contributed by atoms with van der Waals surface area (Å²) in [5.41, 5.74) is 6.54. The van der Waals surface area contributed by atoms with Gasteiger partial charge in [0.1, 0.15) is 6.10 Å². The summed E-state index contributed by atoms with van der Waals surface area (Å²) in [6.07, 6.45) is -0.138. The zero-order chi connectivity index (χ0) is 11.4. The Morgan fingerprint density at radius 3 is 2.60 bits per heavy atom. The quantitative estimate of drug-likeness (QED) is 0.830. The third-order valence-electron chi connectivity index (χ3n) is 2.34. The van der Waals surface area contributed by atoms with Gasteiger partial charge in [-0.25, -0.2) is 4.39 Å². The van der Waals surface area contributed by atoms with E-state index >= 15 is 0 Å². The standard InChI is InChI=1S/C12H18FNO/c1-8(2)12(7-14)15-11-6-9(3)4-5-10(11)13/h4-6,8,12H,7,14H2,1-3H3. The van der Waals surface area contributed by atoms with E-state index in [1.54, 1.807) is 12.1 Å². The zero-order valence-electron chi connectivity index (χ0n) is 9.46. The molecule has 1 unspecified atom stereocenters. The van der Waals surface area contributed by atoms with Crippen molar-refractivity contribution in [2.24, 2.45) is 11.7 Å². The van der Waals surface area contributed by atoms with Crippen LogP contribution in [0.15, 0.2) is 18.2 Å². The smallest absolute Gasteiger partial charge is 0.165 e. The summed E-state index contributed by atoms with van der Waals surface area (Å²) in [5, 5.41) is 0. The second-order valence-corrected chi connectivity index (χ2v) is 4.07. The van der Waals surface area contributed by atoms with E-state index in [0.717, 1.165) is 5.56 Å². The molecule has 2 nitrogen and oxygen atoms in total. The largest absolute Gasteiger partial charge is 0.486 e. The lowest BCUT2D eigenvalue weighted by Crippen LogP contribution is -2.32. The molecule has 1 aromatic rings. The molecule has 84 valence electrons. The first-order valence-corrected chi connectivity index (χ1v) is 5.17. The molecule has 0 aliphatic rings. The Hall–Kier alpha value is -1.09. The minimum absolute atomic E-state index is 0.138. The molecular formula is C12H18FNO. The van der Waals surface area contributed by atoms with Gasteiger partial charge >= 0.3 is 0 Å². The Morgan fingerprint density at radius 1 is 1.40 bits per heavy atom. The van der Waals surface area contributed by atoms with Gasteiger partial charge in [-0.05, 0) is 30.5 Å². The predicted molar refractivity (Wildman–Crippen MR) is 59.4 cm³/mol. The van der Waals surface area contributed by atoms with Crippen LogP contribution >= 0.6 is 0 Å². The highest BCUT2D eigenvalue weighted by Crippen LogP contribution is 2.21.